The van der Waals surface area contributed by atoms with Gasteiger partial charge in [0.2, 0.25) is 0 Å². The predicted octanol–water partition coefficient (Wildman–Crippen LogP) is 1.30. The van der Waals surface area contributed by atoms with Gasteiger partial charge in [0.1, 0.15) is 5.75 Å². The zero-order chi connectivity index (χ0) is 13.9. The molecule has 1 N–H and O–H groups in total. The molecular weight excluding hydrogens is 284 g/mol. The van der Waals surface area contributed by atoms with E-state index in [-0.39, 0.29) is 12.4 Å². The van der Waals surface area contributed by atoms with Crippen LogP contribution < -0.4 is 22.5 Å². The summed E-state index contributed by atoms with van der Waals surface area (Å²) >= 11 is 0. The average molecular weight is 300 g/mol. The molecule has 0 amide bonds. The van der Waals surface area contributed by atoms with Gasteiger partial charge in [0.05, 0.1) is 18.3 Å². The lowest BCUT2D eigenvalue weighted by Crippen LogP contribution is -3.00. The molecular formula is C17H16ClN2O-. The number of aryl methyl sites for hydroxylation is 1. The standard InChI is InChI=1S/C17H16N2O.ClH/c1-12-11-16(13-7-3-4-8-14(13)18-12)19-15-9-5-6-10-17(15)20-2;/h3-11H,1-2H3,(H,18,19);1H/p-1. The van der Waals surface area contributed by atoms with E-state index in [4.69, 9.17) is 4.74 Å². The third kappa shape index (κ3) is 3.09. The van der Waals surface area contributed by atoms with Crippen molar-refractivity contribution in [2.24, 2.45) is 0 Å². The molecule has 3 aromatic rings. The normalized spacial score (nSPS) is 10.0. The summed E-state index contributed by atoms with van der Waals surface area (Å²) in [5.41, 5.74) is 3.97. The number of methoxy groups -OCH3 is 1. The Hall–Kier alpha value is -2.26. The van der Waals surface area contributed by atoms with E-state index in [9.17, 15) is 0 Å². The average Bonchev–Trinajstić information content (AvgIpc) is 2.47. The first-order chi connectivity index (χ1) is 9.78. The second kappa shape index (κ2) is 6.46. The van der Waals surface area contributed by atoms with Crippen LogP contribution in [0.1, 0.15) is 5.69 Å². The van der Waals surface area contributed by atoms with Crippen molar-refractivity contribution in [2.75, 3.05) is 12.4 Å². The molecule has 0 radical (unpaired) electrons. The Bertz CT molecular complexity index is 759. The molecule has 0 aliphatic carbocycles. The summed E-state index contributed by atoms with van der Waals surface area (Å²) in [5, 5.41) is 4.54. The van der Waals surface area contributed by atoms with E-state index in [2.05, 4.69) is 22.4 Å². The summed E-state index contributed by atoms with van der Waals surface area (Å²) in [5.74, 6) is 0.825. The van der Waals surface area contributed by atoms with Crippen molar-refractivity contribution >= 4 is 22.3 Å². The molecule has 1 heterocycles. The Morgan fingerprint density at radius 1 is 0.952 bits per heavy atom. The number of anilines is 2. The number of ether oxygens (including phenoxy) is 1. The molecule has 108 valence electrons. The van der Waals surface area contributed by atoms with Crippen molar-refractivity contribution in [3.63, 3.8) is 0 Å². The first-order valence-corrected chi connectivity index (χ1v) is 6.54. The number of nitrogens with zero attached hydrogens (tertiary/aromatic N) is 1. The number of halogens is 1. The van der Waals surface area contributed by atoms with Crippen LogP contribution in [0, 0.1) is 6.92 Å². The Labute approximate surface area is 130 Å². The van der Waals surface area contributed by atoms with Crippen molar-refractivity contribution in [1.29, 1.82) is 0 Å². The second-order valence-electron chi connectivity index (χ2n) is 4.65. The Morgan fingerprint density at radius 3 is 2.48 bits per heavy atom. The SMILES string of the molecule is COc1ccccc1Nc1cc(C)nc2ccccc12.[Cl-]. The maximum Gasteiger partial charge on any atom is 0.142 e. The molecule has 0 bridgehead atoms. The molecule has 1 aromatic heterocycles. The van der Waals surface area contributed by atoms with Crippen LogP contribution in [-0.2, 0) is 0 Å². The summed E-state index contributed by atoms with van der Waals surface area (Å²) < 4.78 is 5.38. The fourth-order valence-corrected chi connectivity index (χ4v) is 2.30. The summed E-state index contributed by atoms with van der Waals surface area (Å²) in [4.78, 5) is 4.55. The van der Waals surface area contributed by atoms with Gasteiger partial charge in [-0.05, 0) is 31.2 Å². The maximum absolute atomic E-state index is 5.38. The van der Waals surface area contributed by atoms with E-state index in [1.807, 2.05) is 49.4 Å². The second-order valence-corrected chi connectivity index (χ2v) is 4.65. The molecule has 0 unspecified atom stereocenters. The third-order valence-electron chi connectivity index (χ3n) is 3.22. The van der Waals surface area contributed by atoms with Crippen molar-refractivity contribution in [2.45, 2.75) is 6.92 Å². The molecule has 0 saturated carbocycles. The summed E-state index contributed by atoms with van der Waals surface area (Å²) in [6.45, 7) is 2.00. The van der Waals surface area contributed by atoms with Crippen molar-refractivity contribution in [3.8, 4) is 5.75 Å². The van der Waals surface area contributed by atoms with Crippen LogP contribution in [0.3, 0.4) is 0 Å². The van der Waals surface area contributed by atoms with Crippen LogP contribution in [0.25, 0.3) is 10.9 Å². The number of pyridine rings is 1. The largest absolute Gasteiger partial charge is 1.00 e. The molecule has 0 fully saturated rings. The number of para-hydroxylation sites is 3. The van der Waals surface area contributed by atoms with Crippen LogP contribution in [0.15, 0.2) is 54.6 Å². The molecule has 0 atom stereocenters. The molecule has 0 spiro atoms. The highest BCUT2D eigenvalue weighted by Crippen LogP contribution is 2.31. The Balaban J connectivity index is 0.00000161. The molecule has 21 heavy (non-hydrogen) atoms. The summed E-state index contributed by atoms with van der Waals surface area (Å²) in [6, 6.07) is 18.1. The van der Waals surface area contributed by atoms with Crippen molar-refractivity contribution < 1.29 is 17.1 Å². The number of hydrogen-bond acceptors (Lipinski definition) is 3. The number of benzene rings is 2. The quantitative estimate of drug-likeness (QED) is 0.791. The third-order valence-corrected chi connectivity index (χ3v) is 3.22. The van der Waals surface area contributed by atoms with Gasteiger partial charge in [-0.3, -0.25) is 4.98 Å². The lowest BCUT2D eigenvalue weighted by molar-refractivity contribution is -0.00000437. The number of hydrogen-bond donors (Lipinski definition) is 1. The van der Waals surface area contributed by atoms with Crippen molar-refractivity contribution in [1.82, 2.24) is 4.98 Å². The van der Waals surface area contributed by atoms with Crippen LogP contribution >= 0.6 is 0 Å². The summed E-state index contributed by atoms with van der Waals surface area (Å²) in [6.07, 6.45) is 0. The molecule has 0 saturated heterocycles. The van der Waals surface area contributed by atoms with E-state index in [1.54, 1.807) is 7.11 Å². The number of fused-ring (bicyclic) bond motifs is 1. The fourth-order valence-electron chi connectivity index (χ4n) is 2.30. The molecule has 3 nitrogen and oxygen atoms in total. The van der Waals surface area contributed by atoms with Crippen LogP contribution in [-0.4, -0.2) is 12.1 Å². The van der Waals surface area contributed by atoms with Gasteiger partial charge >= 0.3 is 0 Å². The van der Waals surface area contributed by atoms with Crippen molar-refractivity contribution in [3.05, 3.63) is 60.3 Å². The van der Waals surface area contributed by atoms with E-state index in [1.165, 1.54) is 0 Å². The predicted molar refractivity (Wildman–Crippen MR) is 82.8 cm³/mol. The van der Waals surface area contributed by atoms with E-state index in [0.29, 0.717) is 0 Å². The number of aromatic nitrogens is 1. The monoisotopic (exact) mass is 299 g/mol. The van der Waals surface area contributed by atoms with E-state index in [0.717, 1.165) is 33.7 Å². The zero-order valence-electron chi connectivity index (χ0n) is 11.9. The molecule has 2 aromatic carbocycles. The van der Waals surface area contributed by atoms with Gasteiger partial charge in [-0.1, -0.05) is 30.3 Å². The highest BCUT2D eigenvalue weighted by Gasteiger charge is 2.06. The maximum atomic E-state index is 5.38. The Kier molecular flexibility index (Phi) is 4.66. The van der Waals surface area contributed by atoms with Crippen LogP contribution in [0.4, 0.5) is 11.4 Å². The lowest BCUT2D eigenvalue weighted by Gasteiger charge is -2.13. The van der Waals surface area contributed by atoms with Gasteiger partial charge in [-0.2, -0.15) is 0 Å². The highest BCUT2D eigenvalue weighted by atomic mass is 35.5. The highest BCUT2D eigenvalue weighted by molar-refractivity contribution is 5.93. The molecule has 0 aliphatic rings. The van der Waals surface area contributed by atoms with Gasteiger partial charge in [-0.25, -0.2) is 0 Å². The van der Waals surface area contributed by atoms with Gasteiger partial charge in [0, 0.05) is 16.8 Å². The number of rotatable bonds is 3. The minimum Gasteiger partial charge on any atom is -1.00 e. The van der Waals surface area contributed by atoms with Crippen LogP contribution in [0.5, 0.6) is 5.75 Å². The smallest absolute Gasteiger partial charge is 0.142 e. The van der Waals surface area contributed by atoms with Gasteiger partial charge in [0.15, 0.2) is 0 Å². The molecule has 0 aliphatic heterocycles. The minimum absolute atomic E-state index is 0. The fraction of sp³-hybridized carbons (Fsp3) is 0.118. The zero-order valence-corrected chi connectivity index (χ0v) is 12.7. The Morgan fingerprint density at radius 2 is 1.67 bits per heavy atom. The first-order valence-electron chi connectivity index (χ1n) is 6.54. The van der Waals surface area contributed by atoms with Gasteiger partial charge in [-0.15, -0.1) is 0 Å². The topological polar surface area (TPSA) is 34.1 Å². The van der Waals surface area contributed by atoms with Gasteiger partial charge < -0.3 is 22.5 Å². The van der Waals surface area contributed by atoms with Gasteiger partial charge in [0.25, 0.3) is 0 Å². The number of nitrogens with one attached hydrogen (secondary N) is 1. The first kappa shape index (κ1) is 15.1. The lowest BCUT2D eigenvalue weighted by atomic mass is 10.1. The summed E-state index contributed by atoms with van der Waals surface area (Å²) in [7, 11) is 1.68. The minimum atomic E-state index is 0. The van der Waals surface area contributed by atoms with Crippen LogP contribution in [0.2, 0.25) is 0 Å². The molecule has 3 rings (SSSR count). The van der Waals surface area contributed by atoms with E-state index >= 15 is 0 Å². The van der Waals surface area contributed by atoms with E-state index < -0.39 is 0 Å². The molecule has 4 heteroatoms.